The zero-order chi connectivity index (χ0) is 10.9. The predicted molar refractivity (Wildman–Crippen MR) is 61.7 cm³/mol. The van der Waals surface area contributed by atoms with Crippen LogP contribution in [0.2, 0.25) is 0 Å². The normalized spacial score (nSPS) is 35.4. The van der Waals surface area contributed by atoms with Crippen LogP contribution in [0.15, 0.2) is 0 Å². The molecule has 3 nitrogen and oxygen atoms in total. The first-order valence-electron chi connectivity index (χ1n) is 6.16. The van der Waals surface area contributed by atoms with Gasteiger partial charge < -0.3 is 10.5 Å². The Kier molecular flexibility index (Phi) is 3.33. The average molecular weight is 212 g/mol. The minimum Gasteiger partial charge on any atom is -0.379 e. The largest absolute Gasteiger partial charge is 0.379 e. The lowest BCUT2D eigenvalue weighted by atomic mass is 10.1. The minimum absolute atomic E-state index is 0.501. The van der Waals surface area contributed by atoms with Gasteiger partial charge in [0.05, 0.1) is 13.2 Å². The summed E-state index contributed by atoms with van der Waals surface area (Å²) in [5, 5.41) is 0. The maximum Gasteiger partial charge on any atom is 0.0594 e. The first-order chi connectivity index (χ1) is 7.16. The molecular formula is C12H24N2O. The summed E-state index contributed by atoms with van der Waals surface area (Å²) < 4.78 is 5.34. The Bertz CT molecular complexity index is 212. The van der Waals surface area contributed by atoms with Crippen LogP contribution >= 0.6 is 0 Å². The number of hydrogen-bond acceptors (Lipinski definition) is 3. The van der Waals surface area contributed by atoms with Crippen LogP contribution in [0, 0.1) is 17.3 Å². The molecule has 1 saturated carbocycles. The van der Waals surface area contributed by atoms with E-state index in [1.165, 1.54) is 13.0 Å². The van der Waals surface area contributed by atoms with Gasteiger partial charge in [-0.1, -0.05) is 13.8 Å². The number of rotatable bonds is 4. The molecule has 0 radical (unpaired) electrons. The summed E-state index contributed by atoms with van der Waals surface area (Å²) >= 11 is 0. The van der Waals surface area contributed by atoms with Gasteiger partial charge in [0.15, 0.2) is 0 Å². The zero-order valence-corrected chi connectivity index (χ0v) is 10.0. The molecule has 0 unspecified atom stereocenters. The number of ether oxygens (including phenoxy) is 1. The summed E-state index contributed by atoms with van der Waals surface area (Å²) in [7, 11) is 0. The molecular weight excluding hydrogens is 188 g/mol. The molecule has 0 bridgehead atoms. The fourth-order valence-electron chi connectivity index (χ4n) is 3.05. The maximum atomic E-state index is 5.77. The van der Waals surface area contributed by atoms with Crippen molar-refractivity contribution < 1.29 is 4.74 Å². The Morgan fingerprint density at radius 3 is 2.47 bits per heavy atom. The molecule has 0 spiro atoms. The van der Waals surface area contributed by atoms with Crippen LogP contribution in [0.5, 0.6) is 0 Å². The number of hydrogen-bond donors (Lipinski definition) is 1. The van der Waals surface area contributed by atoms with Crippen LogP contribution in [0.25, 0.3) is 0 Å². The number of nitrogens with two attached hydrogens (primary N) is 1. The fourth-order valence-corrected chi connectivity index (χ4v) is 3.05. The molecule has 1 aliphatic heterocycles. The molecule has 2 aliphatic rings. The lowest BCUT2D eigenvalue weighted by Gasteiger charge is -2.26. The van der Waals surface area contributed by atoms with Crippen molar-refractivity contribution >= 4 is 0 Å². The highest BCUT2D eigenvalue weighted by atomic mass is 16.5. The van der Waals surface area contributed by atoms with E-state index in [9.17, 15) is 0 Å². The van der Waals surface area contributed by atoms with Crippen molar-refractivity contribution in [1.29, 1.82) is 0 Å². The van der Waals surface area contributed by atoms with Crippen LogP contribution < -0.4 is 5.73 Å². The molecule has 1 aliphatic carbocycles. The Morgan fingerprint density at radius 2 is 1.93 bits per heavy atom. The second kappa shape index (κ2) is 4.40. The van der Waals surface area contributed by atoms with Crippen LogP contribution in [0.3, 0.4) is 0 Å². The number of morpholine rings is 1. The monoisotopic (exact) mass is 212 g/mol. The molecule has 1 heterocycles. The summed E-state index contributed by atoms with van der Waals surface area (Å²) in [6.07, 6.45) is 1.31. The minimum atomic E-state index is 0.501. The smallest absolute Gasteiger partial charge is 0.0594 e. The average Bonchev–Trinajstić information content (AvgIpc) is 2.78. The van der Waals surface area contributed by atoms with Gasteiger partial charge in [0.2, 0.25) is 0 Å². The third-order valence-corrected chi connectivity index (χ3v) is 4.40. The maximum absolute atomic E-state index is 5.77. The lowest BCUT2D eigenvalue weighted by Crippen LogP contribution is -2.37. The van der Waals surface area contributed by atoms with E-state index in [0.717, 1.165) is 44.7 Å². The van der Waals surface area contributed by atoms with Gasteiger partial charge in [-0.2, -0.15) is 0 Å². The van der Waals surface area contributed by atoms with E-state index in [1.807, 2.05) is 0 Å². The van der Waals surface area contributed by atoms with E-state index in [-0.39, 0.29) is 0 Å². The number of nitrogens with zero attached hydrogens (tertiary/aromatic N) is 1. The molecule has 3 heteroatoms. The van der Waals surface area contributed by atoms with Crippen molar-refractivity contribution in [3.8, 4) is 0 Å². The quantitative estimate of drug-likeness (QED) is 0.754. The Morgan fingerprint density at radius 1 is 1.27 bits per heavy atom. The van der Waals surface area contributed by atoms with E-state index >= 15 is 0 Å². The molecule has 0 aromatic carbocycles. The van der Waals surface area contributed by atoms with Crippen LogP contribution in [0.1, 0.15) is 20.3 Å². The van der Waals surface area contributed by atoms with E-state index < -0.39 is 0 Å². The van der Waals surface area contributed by atoms with Gasteiger partial charge in [0, 0.05) is 13.1 Å². The summed E-state index contributed by atoms with van der Waals surface area (Å²) in [4.78, 5) is 2.52. The Balaban J connectivity index is 1.70. The molecule has 15 heavy (non-hydrogen) atoms. The predicted octanol–water partition coefficient (Wildman–Crippen LogP) is 0.940. The van der Waals surface area contributed by atoms with Gasteiger partial charge in [0.1, 0.15) is 0 Å². The first kappa shape index (κ1) is 11.4. The second-order valence-electron chi connectivity index (χ2n) is 5.51. The summed E-state index contributed by atoms with van der Waals surface area (Å²) in [5.74, 6) is 1.61. The van der Waals surface area contributed by atoms with Gasteiger partial charge in [-0.15, -0.1) is 0 Å². The summed E-state index contributed by atoms with van der Waals surface area (Å²) in [6, 6.07) is 0. The Hall–Kier alpha value is -0.120. The topological polar surface area (TPSA) is 38.5 Å². The molecule has 1 saturated heterocycles. The van der Waals surface area contributed by atoms with E-state index in [1.54, 1.807) is 0 Å². The molecule has 2 N–H and O–H groups in total. The van der Waals surface area contributed by atoms with Gasteiger partial charge >= 0.3 is 0 Å². The van der Waals surface area contributed by atoms with Crippen LogP contribution in [0.4, 0.5) is 0 Å². The van der Waals surface area contributed by atoms with Gasteiger partial charge in [-0.25, -0.2) is 0 Å². The first-order valence-corrected chi connectivity index (χ1v) is 6.16. The molecule has 2 fully saturated rings. The SMILES string of the molecule is CC1(C)[C@@H](CN)[C@@H]1CCN1CCOCC1. The highest BCUT2D eigenvalue weighted by Gasteiger charge is 2.55. The van der Waals surface area contributed by atoms with Crippen LogP contribution in [-0.4, -0.2) is 44.3 Å². The summed E-state index contributed by atoms with van der Waals surface area (Å²) in [5.41, 5.74) is 6.28. The van der Waals surface area contributed by atoms with Crippen molar-refractivity contribution in [2.75, 3.05) is 39.4 Å². The molecule has 2 atom stereocenters. The van der Waals surface area contributed by atoms with E-state index in [2.05, 4.69) is 18.7 Å². The summed E-state index contributed by atoms with van der Waals surface area (Å²) in [6.45, 7) is 10.8. The van der Waals surface area contributed by atoms with Crippen molar-refractivity contribution in [2.45, 2.75) is 20.3 Å². The van der Waals surface area contributed by atoms with E-state index in [4.69, 9.17) is 10.5 Å². The molecule has 0 aromatic heterocycles. The molecule has 88 valence electrons. The van der Waals surface area contributed by atoms with Gasteiger partial charge in [0.25, 0.3) is 0 Å². The van der Waals surface area contributed by atoms with Gasteiger partial charge in [-0.3, -0.25) is 4.90 Å². The third kappa shape index (κ3) is 2.35. The highest BCUT2D eigenvalue weighted by molar-refractivity contribution is 5.05. The van der Waals surface area contributed by atoms with Crippen LogP contribution in [-0.2, 0) is 4.74 Å². The van der Waals surface area contributed by atoms with Crippen molar-refractivity contribution in [1.82, 2.24) is 4.90 Å². The van der Waals surface area contributed by atoms with Crippen molar-refractivity contribution in [3.63, 3.8) is 0 Å². The van der Waals surface area contributed by atoms with Crippen molar-refractivity contribution in [2.24, 2.45) is 23.0 Å². The molecule has 0 aromatic rings. The third-order valence-electron chi connectivity index (χ3n) is 4.40. The molecule has 0 amide bonds. The van der Waals surface area contributed by atoms with Gasteiger partial charge in [-0.05, 0) is 36.8 Å². The standard InChI is InChI=1S/C12H24N2O/c1-12(2)10(11(12)9-13)3-4-14-5-7-15-8-6-14/h10-11H,3-9,13H2,1-2H3/t10-,11-/m0/s1. The fraction of sp³-hybridized carbons (Fsp3) is 1.00. The van der Waals surface area contributed by atoms with Crippen molar-refractivity contribution in [3.05, 3.63) is 0 Å². The second-order valence-corrected chi connectivity index (χ2v) is 5.51. The highest BCUT2D eigenvalue weighted by Crippen LogP contribution is 2.59. The zero-order valence-electron chi connectivity index (χ0n) is 10.0. The Labute approximate surface area is 93.0 Å². The molecule has 2 rings (SSSR count). The van der Waals surface area contributed by atoms with E-state index in [0.29, 0.717) is 5.41 Å². The lowest BCUT2D eigenvalue weighted by molar-refractivity contribution is 0.0363.